The van der Waals surface area contributed by atoms with E-state index in [4.69, 9.17) is 0 Å². The predicted molar refractivity (Wildman–Crippen MR) is 49.3 cm³/mol. The number of fused-ring (bicyclic) bond motifs is 1. The zero-order valence-corrected chi connectivity index (χ0v) is 7.13. The van der Waals surface area contributed by atoms with E-state index in [1.807, 2.05) is 0 Å². The van der Waals surface area contributed by atoms with Gasteiger partial charge in [0.05, 0.1) is 5.56 Å². The molecule has 2 rings (SSSR count). The lowest BCUT2D eigenvalue weighted by molar-refractivity contribution is 0.112. The second kappa shape index (κ2) is 3.18. The van der Waals surface area contributed by atoms with Crippen LogP contribution in [0.3, 0.4) is 0 Å². The molecule has 0 saturated carbocycles. The molecule has 0 aliphatic heterocycles. The summed E-state index contributed by atoms with van der Waals surface area (Å²) in [7, 11) is 0. The molecule has 0 aliphatic rings. The lowest BCUT2D eigenvalue weighted by Crippen LogP contribution is -1.90. The molecule has 0 bridgehead atoms. The average molecular weight is 192 g/mol. The summed E-state index contributed by atoms with van der Waals surface area (Å²) in [5.41, 5.74) is -0.0527. The summed E-state index contributed by atoms with van der Waals surface area (Å²) >= 11 is 0. The van der Waals surface area contributed by atoms with Gasteiger partial charge in [-0.3, -0.25) is 4.79 Å². The molecule has 0 spiro atoms. The van der Waals surface area contributed by atoms with Gasteiger partial charge in [-0.05, 0) is 12.1 Å². The summed E-state index contributed by atoms with van der Waals surface area (Å²) in [6.07, 6.45) is 0.416. The Balaban J connectivity index is 2.90. The van der Waals surface area contributed by atoms with Crippen LogP contribution in [-0.2, 0) is 0 Å². The molecule has 0 unspecified atom stereocenters. The van der Waals surface area contributed by atoms with E-state index in [0.29, 0.717) is 6.29 Å². The van der Waals surface area contributed by atoms with Crippen molar-refractivity contribution in [1.29, 1.82) is 0 Å². The van der Waals surface area contributed by atoms with Crippen LogP contribution >= 0.6 is 0 Å². The second-order valence-electron chi connectivity index (χ2n) is 2.92. The van der Waals surface area contributed by atoms with Crippen LogP contribution in [0, 0.1) is 11.6 Å². The maximum Gasteiger partial charge on any atom is 0.153 e. The average Bonchev–Trinajstić information content (AvgIpc) is 2.20. The Kier molecular flexibility index (Phi) is 2.00. The third kappa shape index (κ3) is 1.18. The van der Waals surface area contributed by atoms with Crippen LogP contribution in [0.5, 0.6) is 0 Å². The first-order valence-electron chi connectivity index (χ1n) is 4.06. The van der Waals surface area contributed by atoms with E-state index in [1.165, 1.54) is 30.3 Å². The number of halogens is 2. The highest BCUT2D eigenvalue weighted by Crippen LogP contribution is 2.22. The van der Waals surface area contributed by atoms with Crippen molar-refractivity contribution in [2.24, 2.45) is 0 Å². The molecule has 0 amide bonds. The summed E-state index contributed by atoms with van der Waals surface area (Å²) < 4.78 is 26.6. The molecule has 2 aromatic carbocycles. The zero-order chi connectivity index (χ0) is 10.1. The number of carbonyl (C=O) groups excluding carboxylic acids is 1. The fraction of sp³-hybridized carbons (Fsp3) is 0. The number of aldehydes is 1. The molecule has 0 saturated heterocycles. The topological polar surface area (TPSA) is 17.1 Å². The van der Waals surface area contributed by atoms with Crippen LogP contribution in [0.1, 0.15) is 10.4 Å². The molecule has 3 heteroatoms. The smallest absolute Gasteiger partial charge is 0.153 e. The predicted octanol–water partition coefficient (Wildman–Crippen LogP) is 2.93. The van der Waals surface area contributed by atoms with Crippen LogP contribution in [0.25, 0.3) is 10.8 Å². The molecule has 70 valence electrons. The first kappa shape index (κ1) is 8.81. The van der Waals surface area contributed by atoms with Gasteiger partial charge in [-0.25, -0.2) is 8.78 Å². The molecule has 0 radical (unpaired) electrons. The van der Waals surface area contributed by atoms with Crippen molar-refractivity contribution in [2.45, 2.75) is 0 Å². The molecular formula is C11H6F2O. The molecule has 0 heterocycles. The summed E-state index contributed by atoms with van der Waals surface area (Å²) in [6, 6.07) is 6.78. The van der Waals surface area contributed by atoms with Crippen molar-refractivity contribution in [1.82, 2.24) is 0 Å². The van der Waals surface area contributed by atoms with E-state index in [-0.39, 0.29) is 16.3 Å². The van der Waals surface area contributed by atoms with Gasteiger partial charge in [0.15, 0.2) is 6.29 Å². The fourth-order valence-electron chi connectivity index (χ4n) is 1.39. The van der Waals surface area contributed by atoms with Crippen molar-refractivity contribution in [3.8, 4) is 0 Å². The fourth-order valence-corrected chi connectivity index (χ4v) is 1.39. The van der Waals surface area contributed by atoms with Crippen molar-refractivity contribution >= 4 is 17.1 Å². The Hall–Kier alpha value is -1.77. The quantitative estimate of drug-likeness (QED) is 0.635. The van der Waals surface area contributed by atoms with E-state index >= 15 is 0 Å². The number of carbonyl (C=O) groups is 1. The Morgan fingerprint density at radius 1 is 1.00 bits per heavy atom. The van der Waals surface area contributed by atoms with E-state index in [2.05, 4.69) is 0 Å². The number of hydrogen-bond donors (Lipinski definition) is 0. The highest BCUT2D eigenvalue weighted by atomic mass is 19.1. The van der Waals surface area contributed by atoms with Gasteiger partial charge >= 0.3 is 0 Å². The minimum atomic E-state index is -0.669. The van der Waals surface area contributed by atoms with Crippen molar-refractivity contribution < 1.29 is 13.6 Å². The summed E-state index contributed by atoms with van der Waals surface area (Å²) in [5, 5.41) is 0.324. The monoisotopic (exact) mass is 192 g/mol. The van der Waals surface area contributed by atoms with Crippen molar-refractivity contribution in [3.63, 3.8) is 0 Å². The largest absolute Gasteiger partial charge is 0.298 e. The highest BCUT2D eigenvalue weighted by Gasteiger charge is 2.08. The SMILES string of the molecule is O=Cc1ccc2c(F)cccc2c1F. The number of rotatable bonds is 1. The molecule has 0 fully saturated rings. The van der Waals surface area contributed by atoms with Gasteiger partial charge in [0.1, 0.15) is 11.6 Å². The first-order chi connectivity index (χ1) is 6.74. The van der Waals surface area contributed by atoms with Gasteiger partial charge in [0.25, 0.3) is 0 Å². The normalized spacial score (nSPS) is 10.4. The van der Waals surface area contributed by atoms with Crippen molar-refractivity contribution in [2.75, 3.05) is 0 Å². The van der Waals surface area contributed by atoms with Gasteiger partial charge in [-0.1, -0.05) is 18.2 Å². The second-order valence-corrected chi connectivity index (χ2v) is 2.92. The zero-order valence-electron chi connectivity index (χ0n) is 7.13. The van der Waals surface area contributed by atoms with E-state index in [0.717, 1.165) is 0 Å². The van der Waals surface area contributed by atoms with Crippen LogP contribution in [0.4, 0.5) is 8.78 Å². The van der Waals surface area contributed by atoms with Crippen LogP contribution < -0.4 is 0 Å². The third-order valence-electron chi connectivity index (χ3n) is 2.10. The summed E-state index contributed by atoms with van der Waals surface area (Å²) in [6.45, 7) is 0. The Bertz CT molecular complexity index is 506. The van der Waals surface area contributed by atoms with Crippen molar-refractivity contribution in [3.05, 3.63) is 47.5 Å². The molecule has 0 atom stereocenters. The van der Waals surface area contributed by atoms with Gasteiger partial charge in [-0.15, -0.1) is 0 Å². The summed E-state index contributed by atoms with van der Waals surface area (Å²) in [5.74, 6) is -1.16. The van der Waals surface area contributed by atoms with E-state index < -0.39 is 11.6 Å². The summed E-state index contributed by atoms with van der Waals surface area (Å²) in [4.78, 5) is 10.4. The maximum absolute atomic E-state index is 13.5. The number of hydrogen-bond acceptors (Lipinski definition) is 1. The third-order valence-corrected chi connectivity index (χ3v) is 2.10. The highest BCUT2D eigenvalue weighted by molar-refractivity contribution is 5.90. The van der Waals surface area contributed by atoms with E-state index in [1.54, 1.807) is 0 Å². The van der Waals surface area contributed by atoms with E-state index in [9.17, 15) is 13.6 Å². The van der Waals surface area contributed by atoms with Crippen LogP contribution in [0.15, 0.2) is 30.3 Å². The molecule has 14 heavy (non-hydrogen) atoms. The minimum absolute atomic E-state index is 0.0527. The Labute approximate surface area is 79.0 Å². The Morgan fingerprint density at radius 3 is 2.50 bits per heavy atom. The first-order valence-corrected chi connectivity index (χ1v) is 4.06. The molecule has 1 nitrogen and oxygen atoms in total. The van der Waals surface area contributed by atoms with Gasteiger partial charge < -0.3 is 0 Å². The van der Waals surface area contributed by atoms with Crippen LogP contribution in [0.2, 0.25) is 0 Å². The van der Waals surface area contributed by atoms with Gasteiger partial charge in [-0.2, -0.15) is 0 Å². The van der Waals surface area contributed by atoms with Crippen LogP contribution in [-0.4, -0.2) is 6.29 Å². The van der Waals surface area contributed by atoms with Gasteiger partial charge in [0, 0.05) is 10.8 Å². The number of benzene rings is 2. The Morgan fingerprint density at radius 2 is 1.79 bits per heavy atom. The standard InChI is InChI=1S/C11H6F2O/c12-10-3-1-2-9-8(10)5-4-7(6-14)11(9)13/h1-6H. The minimum Gasteiger partial charge on any atom is -0.298 e. The molecule has 0 N–H and O–H groups in total. The molecule has 2 aromatic rings. The van der Waals surface area contributed by atoms with Gasteiger partial charge in [0.2, 0.25) is 0 Å². The maximum atomic E-state index is 13.5. The lowest BCUT2D eigenvalue weighted by atomic mass is 10.1. The molecule has 0 aromatic heterocycles. The molecule has 0 aliphatic carbocycles. The lowest BCUT2D eigenvalue weighted by Gasteiger charge is -2.01. The molecular weight excluding hydrogens is 186 g/mol.